The van der Waals surface area contributed by atoms with E-state index in [1.54, 1.807) is 48.1 Å². The highest BCUT2D eigenvalue weighted by Crippen LogP contribution is 2.35. The lowest BCUT2D eigenvalue weighted by Gasteiger charge is -2.11. The maximum atomic E-state index is 13.0. The van der Waals surface area contributed by atoms with Crippen LogP contribution in [0.15, 0.2) is 51.8 Å². The summed E-state index contributed by atoms with van der Waals surface area (Å²) in [7, 11) is 3.08. The molecule has 0 spiro atoms. The highest BCUT2D eigenvalue weighted by atomic mass is 16.5. The van der Waals surface area contributed by atoms with E-state index in [-0.39, 0.29) is 23.0 Å². The maximum absolute atomic E-state index is 13.0. The van der Waals surface area contributed by atoms with E-state index in [0.717, 1.165) is 0 Å². The van der Waals surface area contributed by atoms with Crippen LogP contribution in [-0.2, 0) is 6.54 Å². The Morgan fingerprint density at radius 1 is 1.10 bits per heavy atom. The number of fused-ring (bicyclic) bond motifs is 1. The molecule has 2 aromatic carbocycles. The molecule has 0 atom stereocenters. The molecule has 1 N–H and O–H groups in total. The average molecular weight is 393 g/mol. The van der Waals surface area contributed by atoms with Crippen LogP contribution in [0.1, 0.15) is 6.92 Å². The summed E-state index contributed by atoms with van der Waals surface area (Å²) in [6.45, 7) is 2.29. The summed E-state index contributed by atoms with van der Waals surface area (Å²) in [5, 5.41) is 15.3. The van der Waals surface area contributed by atoms with E-state index in [9.17, 15) is 9.90 Å². The van der Waals surface area contributed by atoms with Crippen molar-refractivity contribution in [3.63, 3.8) is 0 Å². The molecule has 0 aliphatic heterocycles. The van der Waals surface area contributed by atoms with Gasteiger partial charge in [-0.25, -0.2) is 0 Å². The van der Waals surface area contributed by atoms with Crippen LogP contribution in [0.4, 0.5) is 0 Å². The zero-order valence-electron chi connectivity index (χ0n) is 16.2. The molecule has 0 bridgehead atoms. The van der Waals surface area contributed by atoms with Crippen LogP contribution < -0.4 is 15.0 Å². The summed E-state index contributed by atoms with van der Waals surface area (Å²) >= 11 is 0. The lowest BCUT2D eigenvalue weighted by atomic mass is 10.1. The van der Waals surface area contributed by atoms with E-state index < -0.39 is 5.56 Å². The number of aryl methyl sites for hydroxylation is 1. The lowest BCUT2D eigenvalue weighted by molar-refractivity contribution is 0.355. The van der Waals surface area contributed by atoms with Crippen LogP contribution in [-0.4, -0.2) is 34.0 Å². The number of hydrogen-bond donors (Lipinski definition) is 1. The van der Waals surface area contributed by atoms with Gasteiger partial charge in [0, 0.05) is 17.5 Å². The second-order valence-corrected chi connectivity index (χ2v) is 6.28. The summed E-state index contributed by atoms with van der Waals surface area (Å²) < 4.78 is 17.4. The number of aromatic hydroxyl groups is 1. The molecule has 0 aliphatic carbocycles. The molecule has 8 nitrogen and oxygen atoms in total. The number of aromatic nitrogens is 3. The largest absolute Gasteiger partial charge is 0.506 e. The van der Waals surface area contributed by atoms with Gasteiger partial charge < -0.3 is 23.7 Å². The van der Waals surface area contributed by atoms with Gasteiger partial charge in [0.1, 0.15) is 11.3 Å². The minimum Gasteiger partial charge on any atom is -0.506 e. The molecule has 0 unspecified atom stereocenters. The molecule has 0 radical (unpaired) electrons. The van der Waals surface area contributed by atoms with Gasteiger partial charge in [-0.15, -0.1) is 0 Å². The van der Waals surface area contributed by atoms with Gasteiger partial charge in [0.2, 0.25) is 5.82 Å². The van der Waals surface area contributed by atoms with E-state index >= 15 is 0 Å². The third-order valence-electron chi connectivity index (χ3n) is 4.74. The second-order valence-electron chi connectivity index (χ2n) is 6.28. The molecule has 148 valence electrons. The Balaban J connectivity index is 1.87. The number of hydrogen-bond acceptors (Lipinski definition) is 7. The highest BCUT2D eigenvalue weighted by molar-refractivity contribution is 5.91. The lowest BCUT2D eigenvalue weighted by Crippen LogP contribution is -2.21. The van der Waals surface area contributed by atoms with Gasteiger partial charge in [0.25, 0.3) is 11.4 Å². The second kappa shape index (κ2) is 7.31. The number of para-hydroxylation sites is 1. The van der Waals surface area contributed by atoms with Crippen molar-refractivity contribution >= 4 is 10.9 Å². The predicted molar refractivity (Wildman–Crippen MR) is 107 cm³/mol. The van der Waals surface area contributed by atoms with Crippen molar-refractivity contribution in [2.45, 2.75) is 13.5 Å². The van der Waals surface area contributed by atoms with Gasteiger partial charge >= 0.3 is 0 Å². The topological polar surface area (TPSA) is 99.6 Å². The molecular formula is C21H19N3O5. The Morgan fingerprint density at radius 3 is 2.59 bits per heavy atom. The molecule has 0 fully saturated rings. The minimum atomic E-state index is -0.397. The van der Waals surface area contributed by atoms with Crippen LogP contribution in [0, 0.1) is 0 Å². The first kappa shape index (κ1) is 18.5. The van der Waals surface area contributed by atoms with Crippen molar-refractivity contribution in [1.82, 2.24) is 14.7 Å². The first-order valence-corrected chi connectivity index (χ1v) is 9.00. The van der Waals surface area contributed by atoms with Crippen LogP contribution in [0.2, 0.25) is 0 Å². The molecule has 0 amide bonds. The van der Waals surface area contributed by atoms with E-state index in [2.05, 4.69) is 10.1 Å². The first-order chi connectivity index (χ1) is 14.1. The van der Waals surface area contributed by atoms with Gasteiger partial charge in [-0.3, -0.25) is 4.79 Å². The van der Waals surface area contributed by atoms with Crippen molar-refractivity contribution < 1.29 is 19.1 Å². The zero-order valence-corrected chi connectivity index (χ0v) is 16.2. The van der Waals surface area contributed by atoms with Crippen molar-refractivity contribution in [1.29, 1.82) is 0 Å². The van der Waals surface area contributed by atoms with Crippen molar-refractivity contribution in [3.05, 3.63) is 52.8 Å². The molecule has 4 rings (SSSR count). The van der Waals surface area contributed by atoms with Gasteiger partial charge in [-0.05, 0) is 37.3 Å². The van der Waals surface area contributed by atoms with Crippen LogP contribution >= 0.6 is 0 Å². The summed E-state index contributed by atoms with van der Waals surface area (Å²) in [5.74, 6) is 1.11. The monoisotopic (exact) mass is 393 g/mol. The number of methoxy groups -OCH3 is 2. The Kier molecular flexibility index (Phi) is 4.67. The molecule has 2 aromatic heterocycles. The quantitative estimate of drug-likeness (QED) is 0.554. The summed E-state index contributed by atoms with van der Waals surface area (Å²) in [6.07, 6.45) is 0. The Morgan fingerprint density at radius 2 is 1.86 bits per heavy atom. The fraction of sp³-hybridized carbons (Fsp3) is 0.190. The Labute approximate surface area is 165 Å². The summed E-state index contributed by atoms with van der Waals surface area (Å²) in [6, 6.07) is 12.3. The minimum absolute atomic E-state index is 0.0234. The highest BCUT2D eigenvalue weighted by Gasteiger charge is 2.23. The fourth-order valence-electron chi connectivity index (χ4n) is 3.31. The fourth-order valence-corrected chi connectivity index (χ4v) is 3.31. The maximum Gasteiger partial charge on any atom is 0.267 e. The summed E-state index contributed by atoms with van der Waals surface area (Å²) in [4.78, 5) is 17.3. The van der Waals surface area contributed by atoms with E-state index in [0.29, 0.717) is 34.5 Å². The SMILES string of the molecule is CCn1c(=O)c(-c2nc(-c3ccc(OC)c(OC)c3)no2)c(O)c2ccccc21. The van der Waals surface area contributed by atoms with E-state index in [4.69, 9.17) is 14.0 Å². The number of rotatable bonds is 5. The van der Waals surface area contributed by atoms with E-state index in [1.807, 2.05) is 13.0 Å². The average Bonchev–Trinajstić information content (AvgIpc) is 3.23. The molecule has 8 heteroatoms. The molecular weight excluding hydrogens is 374 g/mol. The van der Waals surface area contributed by atoms with Crippen molar-refractivity contribution in [2.24, 2.45) is 0 Å². The Bertz CT molecular complexity index is 1260. The number of pyridine rings is 1. The normalized spacial score (nSPS) is 11.0. The first-order valence-electron chi connectivity index (χ1n) is 9.00. The molecule has 29 heavy (non-hydrogen) atoms. The van der Waals surface area contributed by atoms with Crippen molar-refractivity contribution in [2.75, 3.05) is 14.2 Å². The van der Waals surface area contributed by atoms with Crippen LogP contribution in [0.5, 0.6) is 17.2 Å². The van der Waals surface area contributed by atoms with Gasteiger partial charge in [0.05, 0.1) is 19.7 Å². The van der Waals surface area contributed by atoms with Crippen LogP contribution in [0.3, 0.4) is 0 Å². The van der Waals surface area contributed by atoms with E-state index in [1.165, 1.54) is 7.11 Å². The van der Waals surface area contributed by atoms with Gasteiger partial charge in [-0.2, -0.15) is 4.98 Å². The standard InChI is InChI=1S/C21H19N3O5/c1-4-24-14-8-6-5-7-13(14)18(25)17(21(24)26)20-22-19(23-29-20)12-9-10-15(27-2)16(11-12)28-3/h5-11,25H,4H2,1-3H3. The molecule has 4 aromatic rings. The third kappa shape index (κ3) is 2.98. The van der Waals surface area contributed by atoms with Gasteiger partial charge in [0.15, 0.2) is 11.5 Å². The zero-order chi connectivity index (χ0) is 20.5. The molecule has 0 aliphatic rings. The van der Waals surface area contributed by atoms with Crippen LogP contribution in [0.25, 0.3) is 33.7 Å². The predicted octanol–water partition coefficient (Wildman–Crippen LogP) is 3.46. The number of benzene rings is 2. The molecule has 0 saturated heterocycles. The number of ether oxygens (including phenoxy) is 2. The molecule has 0 saturated carbocycles. The smallest absolute Gasteiger partial charge is 0.267 e. The third-order valence-corrected chi connectivity index (χ3v) is 4.74. The summed E-state index contributed by atoms with van der Waals surface area (Å²) in [5.41, 5.74) is 0.839. The molecule has 2 heterocycles. The van der Waals surface area contributed by atoms with Crippen molar-refractivity contribution in [3.8, 4) is 40.1 Å². The Hall–Kier alpha value is -3.81. The van der Waals surface area contributed by atoms with Gasteiger partial charge in [-0.1, -0.05) is 17.3 Å². The number of nitrogens with zero attached hydrogens (tertiary/aromatic N) is 3.